The van der Waals surface area contributed by atoms with Gasteiger partial charge in [-0.1, -0.05) is 60.7 Å². The van der Waals surface area contributed by atoms with Crippen molar-refractivity contribution >= 4 is 17.5 Å². The van der Waals surface area contributed by atoms with Gasteiger partial charge in [0.15, 0.2) is 0 Å². The van der Waals surface area contributed by atoms with Crippen LogP contribution in [0.1, 0.15) is 40.2 Å². The van der Waals surface area contributed by atoms with Gasteiger partial charge < -0.3 is 5.32 Å². The zero-order valence-electron chi connectivity index (χ0n) is 17.4. The molecule has 5 heteroatoms. The monoisotopic (exact) mass is 444 g/mol. The quantitative estimate of drug-likeness (QED) is 0.558. The Morgan fingerprint density at radius 1 is 1.03 bits per heavy atom. The summed E-state index contributed by atoms with van der Waals surface area (Å²) in [6.45, 7) is 0.373. The molecule has 0 aliphatic heterocycles. The largest absolute Gasteiger partial charge is 0.354 e. The maximum absolute atomic E-state index is 13.6. The Balaban J connectivity index is 1.53. The van der Waals surface area contributed by atoms with Crippen LogP contribution in [0.2, 0.25) is 0 Å². The van der Waals surface area contributed by atoms with E-state index in [1.54, 1.807) is 12.1 Å². The third kappa shape index (κ3) is 2.88. The number of amides is 1. The minimum absolute atomic E-state index is 0.273. The fourth-order valence-corrected chi connectivity index (χ4v) is 6.05. The van der Waals surface area contributed by atoms with Gasteiger partial charge in [-0.05, 0) is 52.8 Å². The van der Waals surface area contributed by atoms with Gasteiger partial charge in [0, 0.05) is 23.8 Å². The summed E-state index contributed by atoms with van der Waals surface area (Å²) in [5.41, 5.74) is 3.33. The molecule has 1 unspecified atom stereocenters. The summed E-state index contributed by atoms with van der Waals surface area (Å²) >= 11 is 6.63. The molecule has 1 amide bonds. The van der Waals surface area contributed by atoms with Gasteiger partial charge in [-0.15, -0.1) is 11.6 Å². The van der Waals surface area contributed by atoms with Gasteiger partial charge >= 0.3 is 0 Å². The number of fused-ring (bicyclic) bond motifs is 1. The molecule has 3 nitrogen and oxygen atoms in total. The fraction of sp³-hybridized carbons (Fsp3) is 0.259. The summed E-state index contributed by atoms with van der Waals surface area (Å²) in [4.78, 5) is 13.6. The number of hydrogen-bond donors (Lipinski definition) is 1. The summed E-state index contributed by atoms with van der Waals surface area (Å²) in [7, 11) is 0. The summed E-state index contributed by atoms with van der Waals surface area (Å²) in [6.07, 6.45) is 0.910. The zero-order chi connectivity index (χ0) is 22.3. The van der Waals surface area contributed by atoms with E-state index in [2.05, 4.69) is 23.5 Å². The third-order valence-corrected chi connectivity index (χ3v) is 7.55. The van der Waals surface area contributed by atoms with Crippen LogP contribution in [0, 0.1) is 22.6 Å². The first-order valence-electron chi connectivity index (χ1n) is 10.7. The second kappa shape index (κ2) is 7.76. The standard InChI is InChI=1S/C27H22ClFN2O/c28-16-26-15-27(17-30,25(32)31-14-13-18-9-11-19(29)12-10-18)24(20-5-1-3-7-22(20)26)21-6-2-4-8-23(21)26/h1-12,24H,13-16H2,(H,31,32). The average Bonchev–Trinajstić information content (AvgIpc) is 2.85. The van der Waals surface area contributed by atoms with E-state index in [0.717, 1.165) is 27.8 Å². The highest BCUT2D eigenvalue weighted by Gasteiger charge is 2.62. The Labute approximate surface area is 191 Å². The summed E-state index contributed by atoms with van der Waals surface area (Å²) in [5.74, 6) is -0.621. The Morgan fingerprint density at radius 3 is 2.19 bits per heavy atom. The number of carbonyl (C=O) groups is 1. The summed E-state index contributed by atoms with van der Waals surface area (Å²) in [6, 6.07) is 24.8. The van der Waals surface area contributed by atoms with Crippen LogP contribution in [0.3, 0.4) is 0 Å². The van der Waals surface area contributed by atoms with Gasteiger partial charge in [-0.25, -0.2) is 4.39 Å². The number of nitrogens with zero attached hydrogens (tertiary/aromatic N) is 1. The van der Waals surface area contributed by atoms with Crippen LogP contribution >= 0.6 is 11.6 Å². The molecular weight excluding hydrogens is 423 g/mol. The van der Waals surface area contributed by atoms with E-state index in [1.165, 1.54) is 12.1 Å². The van der Waals surface area contributed by atoms with Gasteiger partial charge in [-0.3, -0.25) is 4.79 Å². The Morgan fingerprint density at radius 2 is 1.62 bits per heavy atom. The number of carbonyl (C=O) groups excluding carboxylic acids is 1. The van der Waals surface area contributed by atoms with Crippen LogP contribution in [0.4, 0.5) is 4.39 Å². The number of alkyl halides is 1. The van der Waals surface area contributed by atoms with E-state index in [-0.39, 0.29) is 17.6 Å². The molecule has 0 saturated carbocycles. The number of hydrogen-bond acceptors (Lipinski definition) is 2. The number of benzene rings is 3. The minimum Gasteiger partial charge on any atom is -0.354 e. The summed E-state index contributed by atoms with van der Waals surface area (Å²) in [5, 5.41) is 13.4. The fourth-order valence-electron chi connectivity index (χ4n) is 5.67. The molecule has 0 spiro atoms. The lowest BCUT2D eigenvalue weighted by Gasteiger charge is -2.55. The van der Waals surface area contributed by atoms with Crippen LogP contribution in [-0.4, -0.2) is 18.3 Å². The highest BCUT2D eigenvalue weighted by atomic mass is 35.5. The van der Waals surface area contributed by atoms with E-state index in [0.29, 0.717) is 25.3 Å². The topological polar surface area (TPSA) is 52.9 Å². The second-order valence-electron chi connectivity index (χ2n) is 8.72. The van der Waals surface area contributed by atoms with Crippen molar-refractivity contribution < 1.29 is 9.18 Å². The Hall–Kier alpha value is -3.16. The lowest BCUT2D eigenvalue weighted by atomic mass is 9.46. The first-order chi connectivity index (χ1) is 15.6. The molecule has 0 aromatic heterocycles. The van der Waals surface area contributed by atoms with Crippen molar-refractivity contribution in [3.63, 3.8) is 0 Å². The molecule has 0 radical (unpaired) electrons. The van der Waals surface area contributed by atoms with Crippen LogP contribution in [0.25, 0.3) is 0 Å². The maximum Gasteiger partial charge on any atom is 0.241 e. The SMILES string of the molecule is N#CC1(C(=O)NCCc2ccc(F)cc2)CC2(CCl)c3ccccc3C1c1ccccc12. The molecule has 3 aromatic rings. The number of halogens is 2. The first-order valence-corrected chi connectivity index (χ1v) is 11.3. The van der Waals surface area contributed by atoms with Crippen molar-refractivity contribution in [2.24, 2.45) is 5.41 Å². The van der Waals surface area contributed by atoms with E-state index >= 15 is 0 Å². The smallest absolute Gasteiger partial charge is 0.241 e. The van der Waals surface area contributed by atoms with Gasteiger partial charge in [-0.2, -0.15) is 5.26 Å². The molecule has 0 fully saturated rings. The Bertz CT molecular complexity index is 1190. The van der Waals surface area contributed by atoms with Crippen molar-refractivity contribution in [1.82, 2.24) is 5.32 Å². The first kappa shape index (κ1) is 20.7. The molecule has 0 saturated heterocycles. The van der Waals surface area contributed by atoms with Crippen molar-refractivity contribution in [1.29, 1.82) is 5.26 Å². The molecule has 160 valence electrons. The molecule has 6 rings (SSSR count). The van der Waals surface area contributed by atoms with Crippen LogP contribution in [0.15, 0.2) is 72.8 Å². The lowest BCUT2D eigenvalue weighted by Crippen LogP contribution is -2.57. The van der Waals surface area contributed by atoms with Crippen LogP contribution < -0.4 is 5.32 Å². The maximum atomic E-state index is 13.6. The molecule has 0 heterocycles. The number of rotatable bonds is 5. The van der Waals surface area contributed by atoms with Crippen LogP contribution in [-0.2, 0) is 16.6 Å². The Kier molecular flexibility index (Phi) is 5.03. The second-order valence-corrected chi connectivity index (χ2v) is 8.98. The normalized spacial score (nSPS) is 24.8. The highest BCUT2D eigenvalue weighted by Crippen LogP contribution is 2.63. The average molecular weight is 445 g/mol. The van der Waals surface area contributed by atoms with Crippen molar-refractivity contribution in [2.45, 2.75) is 24.2 Å². The van der Waals surface area contributed by atoms with Gasteiger partial charge in [0.25, 0.3) is 0 Å². The van der Waals surface area contributed by atoms with Gasteiger partial charge in [0.2, 0.25) is 5.91 Å². The van der Waals surface area contributed by atoms with E-state index in [9.17, 15) is 14.4 Å². The molecular formula is C27H22ClFN2O. The molecule has 2 bridgehead atoms. The van der Waals surface area contributed by atoms with E-state index in [4.69, 9.17) is 11.6 Å². The predicted molar refractivity (Wildman–Crippen MR) is 122 cm³/mol. The molecule has 3 aliphatic carbocycles. The van der Waals surface area contributed by atoms with E-state index < -0.39 is 10.8 Å². The van der Waals surface area contributed by atoms with E-state index in [1.807, 2.05) is 36.4 Å². The molecule has 1 atom stereocenters. The van der Waals surface area contributed by atoms with Crippen molar-refractivity contribution in [2.75, 3.05) is 12.4 Å². The minimum atomic E-state index is -1.25. The molecule has 1 N–H and O–H groups in total. The van der Waals surface area contributed by atoms with Crippen molar-refractivity contribution in [3.8, 4) is 6.07 Å². The molecule has 32 heavy (non-hydrogen) atoms. The third-order valence-electron chi connectivity index (χ3n) is 7.09. The van der Waals surface area contributed by atoms with Crippen LogP contribution in [0.5, 0.6) is 0 Å². The predicted octanol–water partition coefficient (Wildman–Crippen LogP) is 5.07. The number of nitrogens with one attached hydrogen (secondary N) is 1. The number of nitriles is 1. The highest BCUT2D eigenvalue weighted by molar-refractivity contribution is 6.19. The van der Waals surface area contributed by atoms with Gasteiger partial charge in [0.1, 0.15) is 11.2 Å². The lowest BCUT2D eigenvalue weighted by molar-refractivity contribution is -0.130. The van der Waals surface area contributed by atoms with Gasteiger partial charge in [0.05, 0.1) is 6.07 Å². The molecule has 3 aliphatic rings. The zero-order valence-corrected chi connectivity index (χ0v) is 18.2. The summed E-state index contributed by atoms with van der Waals surface area (Å²) < 4.78 is 13.2. The van der Waals surface area contributed by atoms with Crippen molar-refractivity contribution in [3.05, 3.63) is 106 Å². The molecule has 3 aromatic carbocycles.